The molecule has 3 nitrogen and oxygen atoms in total. The molecule has 11 rings (SSSR count). The first-order chi connectivity index (χ1) is 26.6. The summed E-state index contributed by atoms with van der Waals surface area (Å²) in [5, 5.41) is 6.17. The van der Waals surface area contributed by atoms with E-state index in [0.29, 0.717) is 0 Å². The first-order valence-corrected chi connectivity index (χ1v) is 18.8. The van der Waals surface area contributed by atoms with Crippen molar-refractivity contribution in [3.8, 4) is 22.5 Å². The predicted octanol–water partition coefficient (Wildman–Crippen LogP) is 13.7. The minimum absolute atomic E-state index is 0.0980. The second-order valence-corrected chi connectivity index (χ2v) is 15.0. The lowest BCUT2D eigenvalue weighted by molar-refractivity contribution is 0.660. The Morgan fingerprint density at radius 1 is 0.444 bits per heavy atom. The van der Waals surface area contributed by atoms with Crippen molar-refractivity contribution in [3.05, 3.63) is 199 Å². The van der Waals surface area contributed by atoms with Gasteiger partial charge in [-0.15, -0.1) is 0 Å². The SMILES string of the molecule is CC1(C)c2ccccc2-c2ccc(N(c3ccc(-n4ccc5ccc6c7ccccc7n(-c7ccccc7)c6c54)cc3)c3cccc4ccccc34)cc21. The Hall–Kier alpha value is -6.84. The molecule has 1 aliphatic carbocycles. The van der Waals surface area contributed by atoms with Crippen LogP contribution in [0, 0.1) is 0 Å². The molecule has 0 bridgehead atoms. The molecular weight excluding hydrogens is 655 g/mol. The Morgan fingerprint density at radius 3 is 2.02 bits per heavy atom. The van der Waals surface area contributed by atoms with Gasteiger partial charge in [0.25, 0.3) is 0 Å². The number of hydrogen-bond acceptors (Lipinski definition) is 1. The predicted molar refractivity (Wildman–Crippen MR) is 227 cm³/mol. The Kier molecular flexibility index (Phi) is 6.60. The molecule has 0 amide bonds. The van der Waals surface area contributed by atoms with Gasteiger partial charge in [-0.1, -0.05) is 129 Å². The Morgan fingerprint density at radius 2 is 1.15 bits per heavy atom. The summed E-state index contributed by atoms with van der Waals surface area (Å²) >= 11 is 0. The van der Waals surface area contributed by atoms with Crippen molar-refractivity contribution in [2.75, 3.05) is 4.90 Å². The molecule has 54 heavy (non-hydrogen) atoms. The number of para-hydroxylation sites is 2. The summed E-state index contributed by atoms with van der Waals surface area (Å²) in [5.74, 6) is 0. The molecule has 0 fully saturated rings. The fraction of sp³-hybridized carbons (Fsp3) is 0.0588. The van der Waals surface area contributed by atoms with Gasteiger partial charge in [0.15, 0.2) is 0 Å². The zero-order valence-electron chi connectivity index (χ0n) is 30.2. The van der Waals surface area contributed by atoms with E-state index in [9.17, 15) is 0 Å². The van der Waals surface area contributed by atoms with Gasteiger partial charge < -0.3 is 14.0 Å². The highest BCUT2D eigenvalue weighted by Crippen LogP contribution is 2.51. The first kappa shape index (κ1) is 30.8. The molecule has 0 spiro atoms. The summed E-state index contributed by atoms with van der Waals surface area (Å²) in [6.07, 6.45) is 2.22. The lowest BCUT2D eigenvalue weighted by Gasteiger charge is -2.29. The summed E-state index contributed by atoms with van der Waals surface area (Å²) in [6, 6.07) is 66.6. The van der Waals surface area contributed by atoms with Crippen LogP contribution in [-0.2, 0) is 5.41 Å². The highest BCUT2D eigenvalue weighted by atomic mass is 15.1. The van der Waals surface area contributed by atoms with E-state index >= 15 is 0 Å². The van der Waals surface area contributed by atoms with Crippen molar-refractivity contribution in [1.29, 1.82) is 0 Å². The monoisotopic (exact) mass is 691 g/mol. The summed E-state index contributed by atoms with van der Waals surface area (Å²) in [7, 11) is 0. The topological polar surface area (TPSA) is 13.1 Å². The molecule has 2 heterocycles. The van der Waals surface area contributed by atoms with Crippen LogP contribution in [0.5, 0.6) is 0 Å². The summed E-state index contributed by atoms with van der Waals surface area (Å²) in [5.41, 5.74) is 14.6. The lowest BCUT2D eigenvalue weighted by atomic mass is 9.82. The second-order valence-electron chi connectivity index (χ2n) is 15.0. The molecule has 10 aromatic rings. The van der Waals surface area contributed by atoms with E-state index in [2.05, 4.69) is 216 Å². The van der Waals surface area contributed by atoms with Crippen molar-refractivity contribution in [3.63, 3.8) is 0 Å². The number of nitrogens with zero attached hydrogens (tertiary/aromatic N) is 3. The fourth-order valence-corrected chi connectivity index (χ4v) is 9.16. The van der Waals surface area contributed by atoms with Crippen LogP contribution < -0.4 is 4.90 Å². The molecule has 0 aliphatic heterocycles. The highest BCUT2D eigenvalue weighted by molar-refractivity contribution is 6.18. The maximum atomic E-state index is 2.44. The standard InChI is InChI=1S/C51H37N3/c1-51(2)45-20-10-8-18-41(45)42-30-28-39(33-46(42)51)53(47-22-12-14-34-13-6-7-17-40(34)47)38-26-24-36(25-27-38)52-32-31-35-23-29-44-43-19-9-11-21-48(43)54(50(44)49(35)52)37-15-4-3-5-16-37/h3-33H,1-2H3. The Labute approximate surface area is 314 Å². The van der Waals surface area contributed by atoms with Crippen LogP contribution in [0.25, 0.3) is 66.0 Å². The van der Waals surface area contributed by atoms with Crippen molar-refractivity contribution in [2.24, 2.45) is 0 Å². The van der Waals surface area contributed by atoms with Crippen LogP contribution in [0.1, 0.15) is 25.0 Å². The molecule has 0 saturated carbocycles. The van der Waals surface area contributed by atoms with Crippen LogP contribution in [0.15, 0.2) is 188 Å². The number of anilines is 3. The third-order valence-corrected chi connectivity index (χ3v) is 11.7. The van der Waals surface area contributed by atoms with Gasteiger partial charge in [0, 0.05) is 55.9 Å². The van der Waals surface area contributed by atoms with Gasteiger partial charge in [0.05, 0.1) is 22.2 Å². The third-order valence-electron chi connectivity index (χ3n) is 11.7. The van der Waals surface area contributed by atoms with Crippen LogP contribution in [-0.4, -0.2) is 9.13 Å². The number of fused-ring (bicyclic) bond motifs is 9. The molecule has 256 valence electrons. The normalized spacial score (nSPS) is 13.1. The van der Waals surface area contributed by atoms with Gasteiger partial charge in [0.1, 0.15) is 0 Å². The maximum absolute atomic E-state index is 2.44. The minimum Gasteiger partial charge on any atom is -0.315 e. The largest absolute Gasteiger partial charge is 0.315 e. The molecular formula is C51H37N3. The van der Waals surface area contributed by atoms with Gasteiger partial charge in [0.2, 0.25) is 0 Å². The fourth-order valence-electron chi connectivity index (χ4n) is 9.16. The van der Waals surface area contributed by atoms with Gasteiger partial charge in [-0.25, -0.2) is 0 Å². The molecule has 0 unspecified atom stereocenters. The molecule has 8 aromatic carbocycles. The smallest absolute Gasteiger partial charge is 0.0788 e. The van der Waals surface area contributed by atoms with E-state index in [1.807, 2.05) is 0 Å². The zero-order chi connectivity index (χ0) is 36.0. The number of aromatic nitrogens is 2. The average Bonchev–Trinajstić information content (AvgIpc) is 3.87. The summed E-state index contributed by atoms with van der Waals surface area (Å²) in [4.78, 5) is 2.44. The number of benzene rings is 8. The third kappa shape index (κ3) is 4.42. The van der Waals surface area contributed by atoms with E-state index in [4.69, 9.17) is 0 Å². The quantitative estimate of drug-likeness (QED) is 0.175. The van der Waals surface area contributed by atoms with Gasteiger partial charge >= 0.3 is 0 Å². The molecule has 0 N–H and O–H groups in total. The number of rotatable bonds is 5. The molecule has 3 heteroatoms. The molecule has 0 atom stereocenters. The zero-order valence-corrected chi connectivity index (χ0v) is 30.2. The van der Waals surface area contributed by atoms with Crippen LogP contribution in [0.4, 0.5) is 17.1 Å². The second kappa shape index (κ2) is 11.6. The van der Waals surface area contributed by atoms with E-state index in [0.717, 1.165) is 28.4 Å². The lowest BCUT2D eigenvalue weighted by Crippen LogP contribution is -2.16. The van der Waals surface area contributed by atoms with E-state index in [1.54, 1.807) is 0 Å². The Balaban J connectivity index is 1.10. The molecule has 1 aliphatic rings. The van der Waals surface area contributed by atoms with Gasteiger partial charge in [-0.05, 0) is 94.4 Å². The van der Waals surface area contributed by atoms with Crippen molar-refractivity contribution in [2.45, 2.75) is 19.3 Å². The minimum atomic E-state index is -0.0980. The number of hydrogen-bond donors (Lipinski definition) is 0. The van der Waals surface area contributed by atoms with E-state index < -0.39 is 0 Å². The van der Waals surface area contributed by atoms with Gasteiger partial charge in [-0.2, -0.15) is 0 Å². The maximum Gasteiger partial charge on any atom is 0.0788 e. The van der Waals surface area contributed by atoms with Crippen molar-refractivity contribution >= 4 is 60.5 Å². The summed E-state index contributed by atoms with van der Waals surface area (Å²) in [6.45, 7) is 4.71. The Bertz CT molecular complexity index is 3070. The molecule has 0 saturated heterocycles. The highest BCUT2D eigenvalue weighted by Gasteiger charge is 2.35. The average molecular weight is 692 g/mol. The molecule has 2 aromatic heterocycles. The van der Waals surface area contributed by atoms with Crippen molar-refractivity contribution in [1.82, 2.24) is 9.13 Å². The molecule has 0 radical (unpaired) electrons. The van der Waals surface area contributed by atoms with E-state index in [1.165, 1.54) is 65.7 Å². The van der Waals surface area contributed by atoms with E-state index in [-0.39, 0.29) is 5.41 Å². The van der Waals surface area contributed by atoms with Gasteiger partial charge in [-0.3, -0.25) is 0 Å². The van der Waals surface area contributed by atoms with Crippen molar-refractivity contribution < 1.29 is 0 Å². The summed E-state index contributed by atoms with van der Waals surface area (Å²) < 4.78 is 4.78. The van der Waals surface area contributed by atoms with Crippen LogP contribution >= 0.6 is 0 Å². The first-order valence-electron chi connectivity index (χ1n) is 18.8. The van der Waals surface area contributed by atoms with Crippen LogP contribution in [0.2, 0.25) is 0 Å². The van der Waals surface area contributed by atoms with Crippen LogP contribution in [0.3, 0.4) is 0 Å².